The maximum atomic E-state index is 13.6. The average Bonchev–Trinajstić information content (AvgIpc) is 3.35. The minimum Gasteiger partial charge on any atom is -0.308 e. The number of halogens is 1. The number of carbonyl (C=O) groups is 1. The number of nitrogens with zero attached hydrogens (tertiary/aromatic N) is 2. The predicted octanol–water partition coefficient (Wildman–Crippen LogP) is 5.84. The van der Waals surface area contributed by atoms with Gasteiger partial charge in [0, 0.05) is 35.2 Å². The third-order valence-electron chi connectivity index (χ3n) is 7.28. The molecule has 0 atom stereocenters. The number of amides is 1. The standard InChI is InChI=1S/C24H29BrN2O3S2/c25-20-5-6-21-18(15-20)7-9-24(10-11-24)8-4-14-27(21)23(28)19-16-22(31-17-19)32(29,30)26-12-2-1-3-13-26/h5-6,15-17H,1-4,7-14H2. The molecule has 32 heavy (non-hydrogen) atoms. The Hall–Kier alpha value is -1.22. The Morgan fingerprint density at radius 3 is 2.50 bits per heavy atom. The lowest BCUT2D eigenvalue weighted by molar-refractivity contribution is 0.0986. The number of aryl methyl sites for hydroxylation is 1. The fourth-order valence-corrected chi connectivity index (χ4v) is 8.35. The lowest BCUT2D eigenvalue weighted by Crippen LogP contribution is -2.35. The summed E-state index contributed by atoms with van der Waals surface area (Å²) >= 11 is 4.76. The molecule has 3 heterocycles. The molecule has 1 aromatic heterocycles. The van der Waals surface area contributed by atoms with Gasteiger partial charge in [-0.05, 0) is 86.6 Å². The molecule has 2 fully saturated rings. The van der Waals surface area contributed by atoms with Crippen molar-refractivity contribution < 1.29 is 13.2 Å². The van der Waals surface area contributed by atoms with Gasteiger partial charge < -0.3 is 4.90 Å². The summed E-state index contributed by atoms with van der Waals surface area (Å²) in [6, 6.07) is 7.74. The van der Waals surface area contributed by atoms with Crippen LogP contribution in [0.3, 0.4) is 0 Å². The van der Waals surface area contributed by atoms with Crippen molar-refractivity contribution in [2.45, 2.75) is 62.0 Å². The molecule has 1 spiro atoms. The van der Waals surface area contributed by atoms with E-state index < -0.39 is 10.0 Å². The van der Waals surface area contributed by atoms with E-state index in [2.05, 4.69) is 22.0 Å². The van der Waals surface area contributed by atoms with Gasteiger partial charge in [-0.1, -0.05) is 22.4 Å². The molecule has 0 unspecified atom stereocenters. The lowest BCUT2D eigenvalue weighted by Gasteiger charge is -2.25. The molecular weight excluding hydrogens is 508 g/mol. The van der Waals surface area contributed by atoms with Crippen molar-refractivity contribution in [2.24, 2.45) is 5.41 Å². The Kier molecular flexibility index (Phi) is 6.24. The Balaban J connectivity index is 1.43. The topological polar surface area (TPSA) is 57.7 Å². The summed E-state index contributed by atoms with van der Waals surface area (Å²) in [7, 11) is -3.52. The summed E-state index contributed by atoms with van der Waals surface area (Å²) < 4.78 is 29.0. The summed E-state index contributed by atoms with van der Waals surface area (Å²) in [6.07, 6.45) is 9.75. The molecule has 1 saturated heterocycles. The van der Waals surface area contributed by atoms with E-state index in [1.807, 2.05) is 17.0 Å². The molecule has 1 aromatic carbocycles. The number of hydrogen-bond acceptors (Lipinski definition) is 4. The Morgan fingerprint density at radius 2 is 1.75 bits per heavy atom. The van der Waals surface area contributed by atoms with Gasteiger partial charge in [0.2, 0.25) is 0 Å². The van der Waals surface area contributed by atoms with E-state index in [0.29, 0.717) is 30.6 Å². The molecule has 1 amide bonds. The van der Waals surface area contributed by atoms with E-state index in [-0.39, 0.29) is 10.1 Å². The van der Waals surface area contributed by atoms with Crippen molar-refractivity contribution in [1.29, 1.82) is 0 Å². The number of piperidine rings is 1. The third-order valence-corrected chi connectivity index (χ3v) is 11.1. The molecule has 1 saturated carbocycles. The van der Waals surface area contributed by atoms with E-state index in [4.69, 9.17) is 0 Å². The number of fused-ring (bicyclic) bond motifs is 1. The van der Waals surface area contributed by atoms with Crippen molar-refractivity contribution in [3.05, 3.63) is 45.2 Å². The summed E-state index contributed by atoms with van der Waals surface area (Å²) in [5.41, 5.74) is 3.09. The quantitative estimate of drug-likeness (QED) is 0.495. The summed E-state index contributed by atoms with van der Waals surface area (Å²) in [6.45, 7) is 1.80. The molecule has 3 aliphatic rings. The smallest absolute Gasteiger partial charge is 0.259 e. The number of anilines is 1. The van der Waals surface area contributed by atoms with Crippen LogP contribution in [0.25, 0.3) is 0 Å². The van der Waals surface area contributed by atoms with Gasteiger partial charge in [0.05, 0.1) is 5.56 Å². The zero-order valence-corrected chi connectivity index (χ0v) is 21.4. The van der Waals surface area contributed by atoms with Crippen LogP contribution in [0, 0.1) is 5.41 Å². The van der Waals surface area contributed by atoms with Crippen molar-refractivity contribution >= 4 is 48.9 Å². The highest BCUT2D eigenvalue weighted by Gasteiger charge is 2.42. The van der Waals surface area contributed by atoms with Crippen LogP contribution >= 0.6 is 27.3 Å². The SMILES string of the molecule is O=C(c1csc(S(=O)(=O)N2CCCCC2)c1)N1CCCC2(CCc3cc(Br)ccc31)CC2. The number of benzene rings is 1. The van der Waals surface area contributed by atoms with Gasteiger partial charge in [0.1, 0.15) is 4.21 Å². The number of thiophene rings is 1. The molecule has 0 radical (unpaired) electrons. The van der Waals surface area contributed by atoms with Gasteiger partial charge in [-0.15, -0.1) is 11.3 Å². The minimum atomic E-state index is -3.52. The molecular formula is C24H29BrN2O3S2. The number of rotatable bonds is 3. The van der Waals surface area contributed by atoms with Crippen LogP contribution < -0.4 is 4.90 Å². The minimum absolute atomic E-state index is 0.100. The second-order valence-corrected chi connectivity index (χ2v) is 13.4. The molecule has 1 aliphatic carbocycles. The summed E-state index contributed by atoms with van der Waals surface area (Å²) in [4.78, 5) is 15.5. The first-order chi connectivity index (χ1) is 15.4. The first-order valence-corrected chi connectivity index (χ1v) is 14.7. The highest BCUT2D eigenvalue weighted by molar-refractivity contribution is 9.10. The maximum Gasteiger partial charge on any atom is 0.259 e. The van der Waals surface area contributed by atoms with Crippen molar-refractivity contribution in [3.8, 4) is 0 Å². The zero-order chi connectivity index (χ0) is 22.3. The third kappa shape index (κ3) is 4.43. The maximum absolute atomic E-state index is 13.6. The molecule has 2 aromatic rings. The van der Waals surface area contributed by atoms with Crippen molar-refractivity contribution in [3.63, 3.8) is 0 Å². The monoisotopic (exact) mass is 536 g/mol. The molecule has 172 valence electrons. The molecule has 0 N–H and O–H groups in total. The van der Waals surface area contributed by atoms with Gasteiger partial charge in [-0.2, -0.15) is 4.31 Å². The van der Waals surface area contributed by atoms with Crippen LogP contribution in [-0.2, 0) is 16.4 Å². The summed E-state index contributed by atoms with van der Waals surface area (Å²) in [5.74, 6) is -0.100. The van der Waals surface area contributed by atoms with Crippen LogP contribution in [0.4, 0.5) is 5.69 Å². The van der Waals surface area contributed by atoms with Crippen LogP contribution in [0.15, 0.2) is 38.3 Å². The second kappa shape index (κ2) is 8.85. The number of hydrogen-bond donors (Lipinski definition) is 0. The lowest BCUT2D eigenvalue weighted by atomic mass is 9.92. The van der Waals surface area contributed by atoms with Crippen molar-refractivity contribution in [1.82, 2.24) is 4.31 Å². The van der Waals surface area contributed by atoms with E-state index in [0.717, 1.165) is 60.0 Å². The Labute approximate surface area is 203 Å². The fraction of sp³-hybridized carbons (Fsp3) is 0.542. The highest BCUT2D eigenvalue weighted by atomic mass is 79.9. The first-order valence-electron chi connectivity index (χ1n) is 11.6. The Morgan fingerprint density at radius 1 is 0.969 bits per heavy atom. The van der Waals surface area contributed by atoms with Gasteiger partial charge in [-0.25, -0.2) is 8.42 Å². The fourth-order valence-electron chi connectivity index (χ4n) is 5.12. The largest absolute Gasteiger partial charge is 0.308 e. The van der Waals surface area contributed by atoms with E-state index in [9.17, 15) is 13.2 Å². The molecule has 5 nitrogen and oxygen atoms in total. The second-order valence-electron chi connectivity index (χ2n) is 9.45. The van der Waals surface area contributed by atoms with Crippen LogP contribution in [-0.4, -0.2) is 38.3 Å². The van der Waals surface area contributed by atoms with Crippen molar-refractivity contribution in [2.75, 3.05) is 24.5 Å². The van der Waals surface area contributed by atoms with E-state index in [1.165, 1.54) is 24.8 Å². The van der Waals surface area contributed by atoms with Gasteiger partial charge in [0.15, 0.2) is 0 Å². The highest BCUT2D eigenvalue weighted by Crippen LogP contribution is 2.54. The van der Waals surface area contributed by atoms with E-state index in [1.54, 1.807) is 15.8 Å². The predicted molar refractivity (Wildman–Crippen MR) is 132 cm³/mol. The van der Waals surface area contributed by atoms with Gasteiger partial charge >= 0.3 is 0 Å². The molecule has 5 rings (SSSR count). The number of carbonyl (C=O) groups excluding carboxylic acids is 1. The molecule has 2 aliphatic heterocycles. The van der Waals surface area contributed by atoms with E-state index >= 15 is 0 Å². The molecule has 8 heteroatoms. The normalized spacial score (nSPS) is 21.5. The zero-order valence-electron chi connectivity index (χ0n) is 18.2. The summed E-state index contributed by atoms with van der Waals surface area (Å²) in [5, 5.41) is 1.71. The number of sulfonamides is 1. The molecule has 0 bridgehead atoms. The Bertz CT molecular complexity index is 1120. The van der Waals surface area contributed by atoms with Crippen LogP contribution in [0.1, 0.15) is 67.3 Å². The van der Waals surface area contributed by atoms with Gasteiger partial charge in [0.25, 0.3) is 15.9 Å². The van der Waals surface area contributed by atoms with Crippen LogP contribution in [0.5, 0.6) is 0 Å². The average molecular weight is 538 g/mol. The first kappa shape index (κ1) is 22.6. The van der Waals surface area contributed by atoms with Crippen LogP contribution in [0.2, 0.25) is 0 Å². The van der Waals surface area contributed by atoms with Gasteiger partial charge in [-0.3, -0.25) is 4.79 Å².